The van der Waals surface area contributed by atoms with Crippen molar-refractivity contribution in [1.82, 2.24) is 5.32 Å². The van der Waals surface area contributed by atoms with E-state index in [1.54, 1.807) is 11.1 Å². The van der Waals surface area contributed by atoms with Gasteiger partial charge in [-0.15, -0.1) is 0 Å². The van der Waals surface area contributed by atoms with Crippen LogP contribution in [0.3, 0.4) is 0 Å². The molecule has 0 heterocycles. The molecule has 2 bridgehead atoms. The molecule has 0 amide bonds. The van der Waals surface area contributed by atoms with E-state index < -0.39 is 0 Å². The Morgan fingerprint density at radius 1 is 1.35 bits per heavy atom. The summed E-state index contributed by atoms with van der Waals surface area (Å²) in [5.74, 6) is 1.43. The Morgan fingerprint density at radius 3 is 2.96 bits per heavy atom. The van der Waals surface area contributed by atoms with Gasteiger partial charge in [0.25, 0.3) is 0 Å². The van der Waals surface area contributed by atoms with Gasteiger partial charge in [-0.1, -0.05) is 61.2 Å². The van der Waals surface area contributed by atoms with Crippen molar-refractivity contribution in [3.8, 4) is 0 Å². The lowest BCUT2D eigenvalue weighted by Gasteiger charge is -2.41. The van der Waals surface area contributed by atoms with Gasteiger partial charge in [-0.25, -0.2) is 0 Å². The standard InChI is InChI=1S/C25H31N/c1-5-8-19(9-6-2)16-26-24-23-17(3)10-7-11-21(23)22-13-12-20-15-25(22,24)14-18(20)4/h5-11,20,22,24,26H,1,4,12-16H2,2-3H3/b9-6-,19-8+. The van der Waals surface area contributed by atoms with Crippen molar-refractivity contribution < 1.29 is 0 Å². The number of aryl methyl sites for hydroxylation is 1. The van der Waals surface area contributed by atoms with Crippen molar-refractivity contribution in [3.05, 3.63) is 83.5 Å². The molecule has 1 nitrogen and oxygen atoms in total. The molecule has 4 rings (SSSR count). The Balaban J connectivity index is 1.73. The number of allylic oxidation sites excluding steroid dienone is 4. The summed E-state index contributed by atoms with van der Waals surface area (Å²) in [6, 6.07) is 7.37. The van der Waals surface area contributed by atoms with E-state index in [9.17, 15) is 0 Å². The first kappa shape index (κ1) is 17.5. The van der Waals surface area contributed by atoms with Gasteiger partial charge in [-0.05, 0) is 73.6 Å². The van der Waals surface area contributed by atoms with Crippen molar-refractivity contribution in [2.45, 2.75) is 51.5 Å². The second kappa shape index (κ2) is 6.70. The Bertz CT molecular complexity index is 796. The van der Waals surface area contributed by atoms with Crippen molar-refractivity contribution in [2.75, 3.05) is 6.54 Å². The predicted octanol–water partition coefficient (Wildman–Crippen LogP) is 6.16. The molecule has 0 saturated heterocycles. The summed E-state index contributed by atoms with van der Waals surface area (Å²) in [5, 5.41) is 3.98. The van der Waals surface area contributed by atoms with Crippen LogP contribution < -0.4 is 5.32 Å². The predicted molar refractivity (Wildman–Crippen MR) is 111 cm³/mol. The van der Waals surface area contributed by atoms with Crippen LogP contribution in [0, 0.1) is 18.3 Å². The zero-order valence-electron chi connectivity index (χ0n) is 16.2. The third-order valence-electron chi connectivity index (χ3n) is 7.08. The molecule has 4 unspecified atom stereocenters. The summed E-state index contributed by atoms with van der Waals surface area (Å²) in [4.78, 5) is 0. The first-order valence-corrected chi connectivity index (χ1v) is 10.1. The van der Waals surface area contributed by atoms with E-state index in [2.05, 4.69) is 68.7 Å². The van der Waals surface area contributed by atoms with Gasteiger partial charge in [0.15, 0.2) is 0 Å². The zero-order valence-corrected chi connectivity index (χ0v) is 16.2. The average Bonchev–Trinajstić information content (AvgIpc) is 3.04. The maximum absolute atomic E-state index is 4.46. The molecule has 0 aromatic heterocycles. The summed E-state index contributed by atoms with van der Waals surface area (Å²) in [6.07, 6.45) is 13.5. The van der Waals surface area contributed by atoms with Crippen LogP contribution in [-0.2, 0) is 0 Å². The molecule has 4 atom stereocenters. The summed E-state index contributed by atoms with van der Waals surface area (Å²) >= 11 is 0. The molecule has 1 spiro atoms. The molecule has 26 heavy (non-hydrogen) atoms. The largest absolute Gasteiger partial charge is 0.305 e. The fourth-order valence-electron chi connectivity index (χ4n) is 6.11. The Hall–Kier alpha value is -1.86. The summed E-state index contributed by atoms with van der Waals surface area (Å²) in [5.41, 5.74) is 7.76. The SMILES string of the molecule is C=C/C=C(\C=C/C)CNC1c2c(C)cccc2C2CCC3CC21CC3=C. The Morgan fingerprint density at radius 2 is 2.19 bits per heavy atom. The average molecular weight is 346 g/mol. The third kappa shape index (κ3) is 2.56. The van der Waals surface area contributed by atoms with Crippen LogP contribution in [0.15, 0.2) is 66.8 Å². The molecule has 3 aliphatic carbocycles. The van der Waals surface area contributed by atoms with Crippen LogP contribution in [0.1, 0.15) is 61.3 Å². The van der Waals surface area contributed by atoms with Crippen molar-refractivity contribution in [1.29, 1.82) is 0 Å². The molecule has 0 aliphatic heterocycles. The first-order valence-electron chi connectivity index (χ1n) is 10.1. The molecule has 1 aromatic rings. The van der Waals surface area contributed by atoms with Crippen LogP contribution in [0.25, 0.3) is 0 Å². The van der Waals surface area contributed by atoms with E-state index >= 15 is 0 Å². The zero-order chi connectivity index (χ0) is 18.3. The third-order valence-corrected chi connectivity index (χ3v) is 7.08. The molecule has 1 aromatic carbocycles. The first-order chi connectivity index (χ1) is 12.6. The molecule has 1 N–H and O–H groups in total. The number of nitrogens with one attached hydrogen (secondary N) is 1. The quantitative estimate of drug-likeness (QED) is 0.498. The van der Waals surface area contributed by atoms with Crippen LogP contribution in [0.5, 0.6) is 0 Å². The summed E-state index contributed by atoms with van der Waals surface area (Å²) in [6.45, 7) is 13.6. The van der Waals surface area contributed by atoms with Crippen LogP contribution >= 0.6 is 0 Å². The smallest absolute Gasteiger partial charge is 0.0394 e. The lowest BCUT2D eigenvalue weighted by molar-refractivity contribution is 0.134. The van der Waals surface area contributed by atoms with Gasteiger partial charge in [0.05, 0.1) is 0 Å². The fraction of sp³-hybridized carbons (Fsp3) is 0.440. The second-order valence-corrected chi connectivity index (χ2v) is 8.47. The van der Waals surface area contributed by atoms with E-state index in [0.29, 0.717) is 17.4 Å². The van der Waals surface area contributed by atoms with E-state index in [4.69, 9.17) is 0 Å². The molecule has 3 aliphatic rings. The molecule has 1 heteroatoms. The van der Waals surface area contributed by atoms with Crippen LogP contribution in [0.4, 0.5) is 0 Å². The highest BCUT2D eigenvalue weighted by molar-refractivity contribution is 5.49. The minimum atomic E-state index is 0.337. The van der Waals surface area contributed by atoms with Crippen LogP contribution in [0.2, 0.25) is 0 Å². The highest BCUT2D eigenvalue weighted by Crippen LogP contribution is 2.69. The Labute approximate surface area is 158 Å². The fourth-order valence-corrected chi connectivity index (χ4v) is 6.11. The lowest BCUT2D eigenvalue weighted by Crippen LogP contribution is -2.38. The van der Waals surface area contributed by atoms with E-state index in [1.165, 1.54) is 42.4 Å². The second-order valence-electron chi connectivity index (χ2n) is 8.47. The topological polar surface area (TPSA) is 12.0 Å². The van der Waals surface area contributed by atoms with Gasteiger partial charge in [0.2, 0.25) is 0 Å². The van der Waals surface area contributed by atoms with Crippen LogP contribution in [-0.4, -0.2) is 6.54 Å². The van der Waals surface area contributed by atoms with Gasteiger partial charge >= 0.3 is 0 Å². The minimum Gasteiger partial charge on any atom is -0.305 e. The molecule has 0 radical (unpaired) electrons. The van der Waals surface area contributed by atoms with Crippen molar-refractivity contribution >= 4 is 0 Å². The minimum absolute atomic E-state index is 0.337. The van der Waals surface area contributed by atoms with E-state index in [0.717, 1.165) is 12.5 Å². The maximum atomic E-state index is 4.46. The van der Waals surface area contributed by atoms with Gasteiger partial charge in [0.1, 0.15) is 0 Å². The molecular weight excluding hydrogens is 314 g/mol. The van der Waals surface area contributed by atoms with Gasteiger partial charge in [0, 0.05) is 18.0 Å². The Kier molecular flexibility index (Phi) is 4.52. The lowest BCUT2D eigenvalue weighted by atomic mass is 9.66. The van der Waals surface area contributed by atoms with Gasteiger partial charge < -0.3 is 5.32 Å². The van der Waals surface area contributed by atoms with Crippen molar-refractivity contribution in [2.24, 2.45) is 11.3 Å². The maximum Gasteiger partial charge on any atom is 0.0394 e. The molecule has 2 saturated carbocycles. The van der Waals surface area contributed by atoms with Gasteiger partial charge in [-0.3, -0.25) is 0 Å². The number of hydrogen-bond acceptors (Lipinski definition) is 1. The number of rotatable bonds is 5. The number of benzene rings is 1. The van der Waals surface area contributed by atoms with E-state index in [1.807, 2.05) is 6.08 Å². The summed E-state index contributed by atoms with van der Waals surface area (Å²) < 4.78 is 0. The molecular formula is C25H31N. The number of fused-ring (bicyclic) bond motifs is 3. The normalized spacial score (nSPS) is 32.8. The summed E-state index contributed by atoms with van der Waals surface area (Å²) in [7, 11) is 0. The van der Waals surface area contributed by atoms with Crippen molar-refractivity contribution in [3.63, 3.8) is 0 Å². The molecule has 136 valence electrons. The number of hydrogen-bond donors (Lipinski definition) is 1. The highest BCUT2D eigenvalue weighted by atomic mass is 15.0. The monoisotopic (exact) mass is 345 g/mol. The van der Waals surface area contributed by atoms with E-state index in [-0.39, 0.29) is 0 Å². The molecule has 2 fully saturated rings. The van der Waals surface area contributed by atoms with Gasteiger partial charge in [-0.2, -0.15) is 0 Å². The highest BCUT2D eigenvalue weighted by Gasteiger charge is 2.59.